The van der Waals surface area contributed by atoms with Crippen molar-refractivity contribution < 1.29 is 8.42 Å². The van der Waals surface area contributed by atoms with Crippen molar-refractivity contribution in [2.24, 2.45) is 0 Å². The lowest BCUT2D eigenvalue weighted by molar-refractivity contribution is 0.601. The van der Waals surface area contributed by atoms with Crippen LogP contribution in [-0.4, -0.2) is 40.9 Å². The van der Waals surface area contributed by atoms with Gasteiger partial charge in [0.15, 0.2) is 11.6 Å². The van der Waals surface area contributed by atoms with Crippen LogP contribution >= 0.6 is 0 Å². The lowest BCUT2D eigenvalue weighted by Gasteiger charge is -2.09. The summed E-state index contributed by atoms with van der Waals surface area (Å²) in [6.07, 6.45) is 0. The molecule has 0 atom stereocenters. The first-order chi connectivity index (χ1) is 17.6. The molecule has 3 aromatic carbocycles. The highest BCUT2D eigenvalue weighted by Gasteiger charge is 2.15. The van der Waals surface area contributed by atoms with E-state index in [1.807, 2.05) is 38.1 Å². The van der Waals surface area contributed by atoms with E-state index in [-0.39, 0.29) is 10.9 Å². The molecule has 0 radical (unpaired) electrons. The number of nitrogens with one attached hydrogen (secondary N) is 5. The van der Waals surface area contributed by atoms with Crippen LogP contribution in [0.5, 0.6) is 0 Å². The first-order valence-electron chi connectivity index (χ1n) is 11.9. The maximum Gasteiger partial charge on any atom is 0.261 e. The van der Waals surface area contributed by atoms with Crippen molar-refractivity contribution in [3.63, 3.8) is 0 Å². The van der Waals surface area contributed by atoms with Crippen LogP contribution < -0.4 is 21.1 Å². The third kappa shape index (κ3) is 6.31. The number of hydrogen-bond acceptors (Lipinski definition) is 7. The predicted molar refractivity (Wildman–Crippen MR) is 151 cm³/mol. The number of aromatic nitrogens is 4. The second-order valence-electron chi connectivity index (χ2n) is 9.23. The molecular weight excluding hydrogens is 488 g/mol. The van der Waals surface area contributed by atoms with Gasteiger partial charge in [-0.1, -0.05) is 18.2 Å². The molecule has 5 rings (SSSR count). The topological polar surface area (TPSA) is 154 Å². The van der Waals surface area contributed by atoms with Gasteiger partial charge in [-0.2, -0.15) is 10.2 Å². The van der Waals surface area contributed by atoms with Gasteiger partial charge in [0.25, 0.3) is 10.0 Å². The zero-order valence-corrected chi connectivity index (χ0v) is 22.0. The fraction of sp³-hybridized carbons (Fsp3) is 0.231. The molecule has 0 bridgehead atoms. The summed E-state index contributed by atoms with van der Waals surface area (Å²) in [6, 6.07) is 19.9. The van der Waals surface area contributed by atoms with Crippen LogP contribution in [0, 0.1) is 0 Å². The van der Waals surface area contributed by atoms with E-state index >= 15 is 0 Å². The molecule has 7 N–H and O–H groups in total. The quantitative estimate of drug-likeness (QED) is 0.162. The molecule has 0 saturated heterocycles. The maximum absolute atomic E-state index is 12.3. The lowest BCUT2D eigenvalue weighted by Crippen LogP contribution is -2.12. The second kappa shape index (κ2) is 10.8. The number of nitrogens with zero attached hydrogens (tertiary/aromatic N) is 2. The van der Waals surface area contributed by atoms with Crippen LogP contribution in [0.3, 0.4) is 0 Å². The zero-order valence-electron chi connectivity index (χ0n) is 21.2. The highest BCUT2D eigenvalue weighted by molar-refractivity contribution is 7.92. The normalized spacial score (nSPS) is 11.5. The standard InChI is InChI=1S/C16H18N4O2S.C10H14N4/c1-11(2)17-16-14-9-8-12(10-15(14)18-19-16)20-23(21,22)13-6-4-3-5-7-13;1-6(2)12-10-8-4-3-7(11)5-9(8)13-14-10/h3-11,20H,1-2H3,(H2,17,18,19);3-6H,11H2,1-2H3,(H2,12,13,14). The average Bonchev–Trinajstić information content (AvgIpc) is 3.42. The summed E-state index contributed by atoms with van der Waals surface area (Å²) in [7, 11) is -3.59. The van der Waals surface area contributed by atoms with E-state index < -0.39 is 10.0 Å². The van der Waals surface area contributed by atoms with E-state index in [9.17, 15) is 8.42 Å². The molecule has 0 unspecified atom stereocenters. The summed E-state index contributed by atoms with van der Waals surface area (Å²) in [5.41, 5.74) is 8.63. The Hall–Kier alpha value is -4.25. The van der Waals surface area contributed by atoms with Crippen LogP contribution in [0.2, 0.25) is 0 Å². The number of anilines is 4. The van der Waals surface area contributed by atoms with Crippen LogP contribution in [-0.2, 0) is 10.0 Å². The molecular formula is C26H32N8O2S. The number of sulfonamides is 1. The summed E-state index contributed by atoms with van der Waals surface area (Å²) in [5.74, 6) is 1.64. The third-order valence-corrected chi connectivity index (χ3v) is 6.70. The Morgan fingerprint density at radius 3 is 1.86 bits per heavy atom. The molecule has 0 aliphatic heterocycles. The molecule has 0 amide bonds. The maximum atomic E-state index is 12.3. The first-order valence-corrected chi connectivity index (χ1v) is 13.4. The van der Waals surface area contributed by atoms with Gasteiger partial charge in [-0.15, -0.1) is 0 Å². The highest BCUT2D eigenvalue weighted by atomic mass is 32.2. The van der Waals surface area contributed by atoms with Gasteiger partial charge in [-0.25, -0.2) is 8.42 Å². The van der Waals surface area contributed by atoms with Crippen molar-refractivity contribution in [3.8, 4) is 0 Å². The van der Waals surface area contributed by atoms with Crippen molar-refractivity contribution in [3.05, 3.63) is 66.7 Å². The van der Waals surface area contributed by atoms with Crippen molar-refractivity contribution in [1.29, 1.82) is 0 Å². The molecule has 2 heterocycles. The number of rotatable bonds is 7. The number of aromatic amines is 2. The number of nitrogens with two attached hydrogens (primary N) is 1. The van der Waals surface area contributed by atoms with E-state index in [2.05, 4.69) is 49.6 Å². The molecule has 0 aliphatic carbocycles. The highest BCUT2D eigenvalue weighted by Crippen LogP contribution is 2.26. The van der Waals surface area contributed by atoms with E-state index in [1.54, 1.807) is 42.5 Å². The molecule has 0 aliphatic rings. The molecule has 10 nitrogen and oxygen atoms in total. The molecule has 0 spiro atoms. The Morgan fingerprint density at radius 1 is 0.757 bits per heavy atom. The Bertz CT molecular complexity index is 1590. The molecule has 194 valence electrons. The van der Waals surface area contributed by atoms with Gasteiger partial charge >= 0.3 is 0 Å². The van der Waals surface area contributed by atoms with E-state index in [4.69, 9.17) is 5.73 Å². The largest absolute Gasteiger partial charge is 0.399 e. The minimum absolute atomic E-state index is 0.229. The molecule has 5 aromatic rings. The van der Waals surface area contributed by atoms with Crippen molar-refractivity contribution in [2.75, 3.05) is 21.1 Å². The summed E-state index contributed by atoms with van der Waals surface area (Å²) in [5, 5.41) is 22.8. The van der Waals surface area contributed by atoms with Gasteiger partial charge in [0.1, 0.15) is 0 Å². The Labute approximate surface area is 216 Å². The van der Waals surface area contributed by atoms with Crippen molar-refractivity contribution in [1.82, 2.24) is 20.4 Å². The van der Waals surface area contributed by atoms with Gasteiger partial charge < -0.3 is 16.4 Å². The average molecular weight is 521 g/mol. The molecule has 0 saturated carbocycles. The Kier molecular flexibility index (Phi) is 7.53. The molecule has 2 aromatic heterocycles. The lowest BCUT2D eigenvalue weighted by atomic mass is 10.2. The predicted octanol–water partition coefficient (Wildman–Crippen LogP) is 5.15. The third-order valence-electron chi connectivity index (χ3n) is 5.31. The van der Waals surface area contributed by atoms with Crippen molar-refractivity contribution >= 4 is 54.8 Å². The number of fused-ring (bicyclic) bond motifs is 2. The number of hydrogen-bond donors (Lipinski definition) is 6. The molecule has 11 heteroatoms. The number of benzene rings is 3. The smallest absolute Gasteiger partial charge is 0.261 e. The van der Waals surface area contributed by atoms with Gasteiger partial charge in [-0.3, -0.25) is 14.9 Å². The molecule has 37 heavy (non-hydrogen) atoms. The summed E-state index contributed by atoms with van der Waals surface area (Å²) < 4.78 is 27.3. The SMILES string of the molecule is CC(C)Nc1n[nH]c2cc(N)ccc12.CC(C)Nc1n[nH]c2cc(NS(=O)(=O)c3ccccc3)ccc12. The zero-order chi connectivity index (χ0) is 26.6. The Morgan fingerprint density at radius 2 is 1.30 bits per heavy atom. The van der Waals surface area contributed by atoms with Gasteiger partial charge in [0.05, 0.1) is 21.6 Å². The number of nitrogen functional groups attached to an aromatic ring is 1. The monoisotopic (exact) mass is 520 g/mol. The van der Waals surface area contributed by atoms with E-state index in [0.717, 1.165) is 39.1 Å². The van der Waals surface area contributed by atoms with Crippen molar-refractivity contribution in [2.45, 2.75) is 44.7 Å². The summed E-state index contributed by atoms with van der Waals surface area (Å²) >= 11 is 0. The Balaban J connectivity index is 0.000000195. The summed E-state index contributed by atoms with van der Waals surface area (Å²) in [6.45, 7) is 8.22. The second-order valence-corrected chi connectivity index (χ2v) is 10.9. The van der Waals surface area contributed by atoms with Crippen LogP contribution in [0.1, 0.15) is 27.7 Å². The van der Waals surface area contributed by atoms with Gasteiger partial charge in [0, 0.05) is 28.5 Å². The summed E-state index contributed by atoms with van der Waals surface area (Å²) in [4.78, 5) is 0.229. The fourth-order valence-electron chi connectivity index (χ4n) is 3.70. The van der Waals surface area contributed by atoms with E-state index in [1.165, 1.54) is 0 Å². The van der Waals surface area contributed by atoms with E-state index in [0.29, 0.717) is 11.7 Å². The molecule has 0 fully saturated rings. The van der Waals surface area contributed by atoms with Crippen LogP contribution in [0.15, 0.2) is 71.6 Å². The fourth-order valence-corrected chi connectivity index (χ4v) is 4.77. The van der Waals surface area contributed by atoms with Gasteiger partial charge in [-0.05, 0) is 76.2 Å². The van der Waals surface area contributed by atoms with Crippen LogP contribution in [0.4, 0.5) is 23.0 Å². The first kappa shape index (κ1) is 25.8. The van der Waals surface area contributed by atoms with Gasteiger partial charge in [0.2, 0.25) is 0 Å². The minimum atomic E-state index is -3.59. The number of H-pyrrole nitrogens is 2. The van der Waals surface area contributed by atoms with Crippen LogP contribution in [0.25, 0.3) is 21.8 Å². The minimum Gasteiger partial charge on any atom is -0.399 e.